The van der Waals surface area contributed by atoms with Crippen molar-refractivity contribution in [3.63, 3.8) is 0 Å². The fourth-order valence-corrected chi connectivity index (χ4v) is 2.84. The predicted octanol–water partition coefficient (Wildman–Crippen LogP) is 4.60. The van der Waals surface area contributed by atoms with E-state index in [2.05, 4.69) is 39.0 Å². The van der Waals surface area contributed by atoms with Crippen LogP contribution in [0.4, 0.5) is 0 Å². The highest BCUT2D eigenvalue weighted by Gasteiger charge is 2.19. The van der Waals surface area contributed by atoms with Gasteiger partial charge in [0.05, 0.1) is 0 Å². The molecular weight excluding hydrogens is 180 g/mol. The fraction of sp³-hybridized carbons (Fsp3) is 0.600. The molecule has 0 bridgehead atoms. The van der Waals surface area contributed by atoms with E-state index >= 15 is 0 Å². The molecule has 1 aliphatic rings. The van der Waals surface area contributed by atoms with E-state index < -0.39 is 0 Å². The highest BCUT2D eigenvalue weighted by molar-refractivity contribution is 5.31. The van der Waals surface area contributed by atoms with Crippen LogP contribution >= 0.6 is 0 Å². The van der Waals surface area contributed by atoms with Gasteiger partial charge in [0, 0.05) is 0 Å². The first-order valence-electron chi connectivity index (χ1n) is 6.23. The molecule has 2 rings (SSSR count). The van der Waals surface area contributed by atoms with Crippen LogP contribution in [0.15, 0.2) is 18.2 Å². The third-order valence-electron chi connectivity index (χ3n) is 3.73. The van der Waals surface area contributed by atoms with Crippen LogP contribution in [0, 0.1) is 19.8 Å². The summed E-state index contributed by atoms with van der Waals surface area (Å²) in [4.78, 5) is 0. The Kier molecular flexibility index (Phi) is 3.14. The largest absolute Gasteiger partial charge is 0.0625 e. The van der Waals surface area contributed by atoms with Crippen LogP contribution in [0.5, 0.6) is 0 Å². The molecule has 0 N–H and O–H groups in total. The summed E-state index contributed by atoms with van der Waals surface area (Å²) in [5.41, 5.74) is 4.42. The van der Waals surface area contributed by atoms with E-state index in [0.29, 0.717) is 0 Å². The molecule has 0 spiro atoms. The molecule has 0 aliphatic heterocycles. The molecule has 1 fully saturated rings. The summed E-state index contributed by atoms with van der Waals surface area (Å²) in [7, 11) is 0. The van der Waals surface area contributed by atoms with E-state index in [1.165, 1.54) is 36.8 Å². The molecule has 0 aromatic heterocycles. The molecular formula is C15H22. The van der Waals surface area contributed by atoms with Gasteiger partial charge in [0.15, 0.2) is 0 Å². The molecule has 0 radical (unpaired) electrons. The Morgan fingerprint density at radius 3 is 1.93 bits per heavy atom. The molecule has 82 valence electrons. The molecule has 0 heteroatoms. The lowest BCUT2D eigenvalue weighted by Gasteiger charge is -2.27. The van der Waals surface area contributed by atoms with Crippen LogP contribution in [0.3, 0.4) is 0 Å². The average molecular weight is 202 g/mol. The van der Waals surface area contributed by atoms with Gasteiger partial charge in [-0.2, -0.15) is 0 Å². The summed E-state index contributed by atoms with van der Waals surface area (Å²) in [5, 5.41) is 0. The van der Waals surface area contributed by atoms with Crippen molar-refractivity contribution >= 4 is 0 Å². The van der Waals surface area contributed by atoms with Crippen molar-refractivity contribution in [1.82, 2.24) is 0 Å². The zero-order valence-electron chi connectivity index (χ0n) is 10.2. The van der Waals surface area contributed by atoms with Crippen LogP contribution in [-0.2, 0) is 0 Å². The Bertz CT molecular complexity index is 310. The Morgan fingerprint density at radius 2 is 1.40 bits per heavy atom. The highest BCUT2D eigenvalue weighted by Crippen LogP contribution is 2.35. The second-order valence-electron chi connectivity index (χ2n) is 5.38. The first kappa shape index (κ1) is 10.7. The van der Waals surface area contributed by atoms with Crippen LogP contribution in [0.1, 0.15) is 55.2 Å². The lowest BCUT2D eigenvalue weighted by atomic mass is 9.79. The van der Waals surface area contributed by atoms with E-state index in [9.17, 15) is 0 Å². The lowest BCUT2D eigenvalue weighted by molar-refractivity contribution is 0.348. The van der Waals surface area contributed by atoms with Gasteiger partial charge in [-0.25, -0.2) is 0 Å². The molecule has 0 amide bonds. The van der Waals surface area contributed by atoms with Gasteiger partial charge in [-0.3, -0.25) is 0 Å². The van der Waals surface area contributed by atoms with Crippen molar-refractivity contribution in [1.29, 1.82) is 0 Å². The Hall–Kier alpha value is -0.780. The summed E-state index contributed by atoms with van der Waals surface area (Å²) in [6.07, 6.45) is 5.61. The molecule has 0 atom stereocenters. The van der Waals surface area contributed by atoms with Gasteiger partial charge in [-0.1, -0.05) is 49.1 Å². The Balaban J connectivity index is 2.15. The number of rotatable bonds is 1. The van der Waals surface area contributed by atoms with Crippen molar-refractivity contribution in [3.8, 4) is 0 Å². The third kappa shape index (κ3) is 2.62. The minimum Gasteiger partial charge on any atom is -0.0625 e. The van der Waals surface area contributed by atoms with Crippen LogP contribution in [-0.4, -0.2) is 0 Å². The lowest BCUT2D eigenvalue weighted by Crippen LogP contribution is -2.11. The summed E-state index contributed by atoms with van der Waals surface area (Å²) < 4.78 is 0. The van der Waals surface area contributed by atoms with Crippen LogP contribution in [0.25, 0.3) is 0 Å². The van der Waals surface area contributed by atoms with Crippen molar-refractivity contribution in [2.24, 2.45) is 5.92 Å². The topological polar surface area (TPSA) is 0 Å². The summed E-state index contributed by atoms with van der Waals surface area (Å²) in [6, 6.07) is 7.04. The van der Waals surface area contributed by atoms with Gasteiger partial charge >= 0.3 is 0 Å². The standard InChI is InChI=1S/C15H22/c1-11-4-6-14(7-5-11)15-9-12(2)8-13(3)10-15/h8-11,14H,4-7H2,1-3H3. The maximum absolute atomic E-state index is 2.39. The first-order chi connectivity index (χ1) is 7.15. The highest BCUT2D eigenvalue weighted by atomic mass is 14.2. The second kappa shape index (κ2) is 4.38. The van der Waals surface area contributed by atoms with Crippen molar-refractivity contribution in [3.05, 3.63) is 34.9 Å². The molecule has 0 saturated heterocycles. The Morgan fingerprint density at radius 1 is 0.867 bits per heavy atom. The molecule has 0 heterocycles. The molecule has 1 aromatic carbocycles. The van der Waals surface area contributed by atoms with E-state index in [-0.39, 0.29) is 0 Å². The predicted molar refractivity (Wildman–Crippen MR) is 66.3 cm³/mol. The van der Waals surface area contributed by atoms with E-state index in [1.54, 1.807) is 5.56 Å². The molecule has 1 aliphatic carbocycles. The quantitative estimate of drug-likeness (QED) is 0.624. The Labute approximate surface area is 93.7 Å². The molecule has 15 heavy (non-hydrogen) atoms. The van der Waals surface area contributed by atoms with Crippen molar-refractivity contribution < 1.29 is 0 Å². The van der Waals surface area contributed by atoms with E-state index in [4.69, 9.17) is 0 Å². The number of hydrogen-bond acceptors (Lipinski definition) is 0. The second-order valence-corrected chi connectivity index (χ2v) is 5.38. The van der Waals surface area contributed by atoms with Gasteiger partial charge < -0.3 is 0 Å². The maximum Gasteiger partial charge on any atom is -0.0162 e. The molecule has 1 aromatic rings. The fourth-order valence-electron chi connectivity index (χ4n) is 2.84. The zero-order chi connectivity index (χ0) is 10.8. The third-order valence-corrected chi connectivity index (χ3v) is 3.73. The van der Waals surface area contributed by atoms with Crippen LogP contribution in [0.2, 0.25) is 0 Å². The molecule has 0 nitrogen and oxygen atoms in total. The maximum atomic E-state index is 2.39. The van der Waals surface area contributed by atoms with Crippen LogP contribution < -0.4 is 0 Å². The minimum atomic E-state index is 0.833. The SMILES string of the molecule is Cc1cc(C)cc(C2CCC(C)CC2)c1. The minimum absolute atomic E-state index is 0.833. The van der Waals surface area contributed by atoms with Gasteiger partial charge in [0.25, 0.3) is 0 Å². The number of hydrogen-bond donors (Lipinski definition) is 0. The number of benzene rings is 1. The van der Waals surface area contributed by atoms with Gasteiger partial charge in [0.2, 0.25) is 0 Å². The van der Waals surface area contributed by atoms with Crippen molar-refractivity contribution in [2.45, 2.75) is 52.4 Å². The van der Waals surface area contributed by atoms with Gasteiger partial charge in [-0.15, -0.1) is 0 Å². The summed E-state index contributed by atoms with van der Waals surface area (Å²) in [6.45, 7) is 6.81. The first-order valence-corrected chi connectivity index (χ1v) is 6.23. The summed E-state index contributed by atoms with van der Waals surface area (Å²) in [5.74, 6) is 1.78. The molecule has 1 saturated carbocycles. The smallest absolute Gasteiger partial charge is 0.0162 e. The van der Waals surface area contributed by atoms with Gasteiger partial charge in [-0.05, 0) is 44.1 Å². The zero-order valence-corrected chi connectivity index (χ0v) is 10.2. The monoisotopic (exact) mass is 202 g/mol. The van der Waals surface area contributed by atoms with Crippen molar-refractivity contribution in [2.75, 3.05) is 0 Å². The van der Waals surface area contributed by atoms with E-state index in [0.717, 1.165) is 11.8 Å². The normalized spacial score (nSPS) is 26.6. The average Bonchev–Trinajstić information content (AvgIpc) is 2.17. The van der Waals surface area contributed by atoms with Gasteiger partial charge in [0.1, 0.15) is 0 Å². The summed E-state index contributed by atoms with van der Waals surface area (Å²) >= 11 is 0. The van der Waals surface area contributed by atoms with E-state index in [1.807, 2.05) is 0 Å². The number of aryl methyl sites for hydroxylation is 2. The molecule has 0 unspecified atom stereocenters.